The van der Waals surface area contributed by atoms with Crippen molar-refractivity contribution >= 4 is 5.95 Å². The summed E-state index contributed by atoms with van der Waals surface area (Å²) in [6.45, 7) is 3.07. The van der Waals surface area contributed by atoms with Crippen molar-refractivity contribution in [3.05, 3.63) is 40.9 Å². The fourth-order valence-corrected chi connectivity index (χ4v) is 2.47. The molecule has 0 radical (unpaired) electrons. The molecule has 0 aliphatic carbocycles. The molecule has 0 aliphatic heterocycles. The Balaban J connectivity index is 1.96. The van der Waals surface area contributed by atoms with Gasteiger partial charge in [-0.2, -0.15) is 0 Å². The molecule has 1 N–H and O–H groups in total. The lowest BCUT2D eigenvalue weighted by Crippen LogP contribution is -2.22. The molecule has 2 aromatic heterocycles. The fourth-order valence-electron chi connectivity index (χ4n) is 2.47. The van der Waals surface area contributed by atoms with E-state index < -0.39 is 0 Å². The Morgan fingerprint density at radius 1 is 1.09 bits per heavy atom. The second-order valence-corrected chi connectivity index (χ2v) is 5.79. The normalized spacial score (nSPS) is 10.7. The minimum atomic E-state index is -0.0581. The first-order valence-electron chi connectivity index (χ1n) is 8.44. The highest BCUT2D eigenvalue weighted by Crippen LogP contribution is 2.15. The van der Waals surface area contributed by atoms with Gasteiger partial charge in [-0.05, 0) is 18.6 Å². The van der Waals surface area contributed by atoms with E-state index in [1.54, 1.807) is 30.1 Å². The van der Waals surface area contributed by atoms with Crippen molar-refractivity contribution in [3.8, 4) is 11.3 Å². The van der Waals surface area contributed by atoms with Crippen molar-refractivity contribution < 1.29 is 0 Å². The Morgan fingerprint density at radius 2 is 1.78 bits per heavy atom. The summed E-state index contributed by atoms with van der Waals surface area (Å²) >= 11 is 0. The number of hydrogen-bond acceptors (Lipinski definition) is 4. The van der Waals surface area contributed by atoms with Crippen molar-refractivity contribution in [2.45, 2.75) is 45.4 Å². The first-order chi connectivity index (χ1) is 11.2. The molecule has 23 heavy (non-hydrogen) atoms. The molecule has 0 fully saturated rings. The first kappa shape index (κ1) is 17.2. The highest BCUT2D eigenvalue weighted by molar-refractivity contribution is 5.59. The summed E-state index contributed by atoms with van der Waals surface area (Å²) in [5.74, 6) is 0.623. The van der Waals surface area contributed by atoms with Crippen LogP contribution < -0.4 is 10.9 Å². The van der Waals surface area contributed by atoms with Gasteiger partial charge in [0.1, 0.15) is 0 Å². The molecule has 2 heterocycles. The van der Waals surface area contributed by atoms with Gasteiger partial charge in [0.15, 0.2) is 0 Å². The lowest BCUT2D eigenvalue weighted by molar-refractivity contribution is 0.615. The monoisotopic (exact) mass is 314 g/mol. The van der Waals surface area contributed by atoms with Crippen LogP contribution in [-0.2, 0) is 7.05 Å². The standard InChI is InChI=1S/C18H26N4O/c1-3-4-5-6-7-8-11-20-18-21-16(14-17(23)22(18)2)15-9-12-19-13-10-15/h9-10,12-14H,3-8,11H2,1-2H3,(H,20,21). The maximum Gasteiger partial charge on any atom is 0.255 e. The van der Waals surface area contributed by atoms with Crippen LogP contribution in [0.4, 0.5) is 5.95 Å². The van der Waals surface area contributed by atoms with E-state index in [1.807, 2.05) is 12.1 Å². The lowest BCUT2D eigenvalue weighted by atomic mass is 10.1. The Kier molecular flexibility index (Phi) is 6.78. The number of anilines is 1. The van der Waals surface area contributed by atoms with Gasteiger partial charge in [-0.15, -0.1) is 0 Å². The van der Waals surface area contributed by atoms with Crippen molar-refractivity contribution in [2.75, 3.05) is 11.9 Å². The van der Waals surface area contributed by atoms with E-state index in [0.29, 0.717) is 11.6 Å². The maximum absolute atomic E-state index is 12.1. The number of rotatable bonds is 9. The van der Waals surface area contributed by atoms with Gasteiger partial charge in [0.25, 0.3) is 5.56 Å². The predicted octanol–water partition coefficient (Wildman–Crippen LogP) is 3.61. The number of nitrogens with zero attached hydrogens (tertiary/aromatic N) is 3. The van der Waals surface area contributed by atoms with E-state index >= 15 is 0 Å². The largest absolute Gasteiger partial charge is 0.356 e. The van der Waals surface area contributed by atoms with Crippen LogP contribution in [0.1, 0.15) is 45.4 Å². The molecule has 0 atom stereocenters. The van der Waals surface area contributed by atoms with E-state index in [4.69, 9.17) is 0 Å². The molecule has 124 valence electrons. The summed E-state index contributed by atoms with van der Waals surface area (Å²) in [5.41, 5.74) is 1.53. The number of nitrogens with one attached hydrogen (secondary N) is 1. The van der Waals surface area contributed by atoms with Crippen LogP contribution in [0.15, 0.2) is 35.4 Å². The quantitative estimate of drug-likeness (QED) is 0.718. The van der Waals surface area contributed by atoms with E-state index in [0.717, 1.165) is 18.5 Å². The Bertz CT molecular complexity index is 652. The molecular formula is C18H26N4O. The van der Waals surface area contributed by atoms with Crippen LogP contribution in [0.5, 0.6) is 0 Å². The van der Waals surface area contributed by atoms with Gasteiger partial charge >= 0.3 is 0 Å². The molecule has 5 nitrogen and oxygen atoms in total. The van der Waals surface area contributed by atoms with Crippen LogP contribution in [0.2, 0.25) is 0 Å². The van der Waals surface area contributed by atoms with Crippen molar-refractivity contribution in [1.82, 2.24) is 14.5 Å². The summed E-state index contributed by atoms with van der Waals surface area (Å²) in [6, 6.07) is 5.28. The molecule has 2 aromatic rings. The molecule has 0 saturated heterocycles. The summed E-state index contributed by atoms with van der Waals surface area (Å²) in [7, 11) is 1.75. The highest BCUT2D eigenvalue weighted by Gasteiger charge is 2.07. The van der Waals surface area contributed by atoms with Crippen LogP contribution in [-0.4, -0.2) is 21.1 Å². The minimum absolute atomic E-state index is 0.0581. The topological polar surface area (TPSA) is 59.8 Å². The summed E-state index contributed by atoms with van der Waals surface area (Å²) in [5, 5.41) is 3.29. The number of aromatic nitrogens is 3. The number of pyridine rings is 1. The zero-order chi connectivity index (χ0) is 16.5. The van der Waals surface area contributed by atoms with Gasteiger partial charge in [0, 0.05) is 37.6 Å². The zero-order valence-electron chi connectivity index (χ0n) is 14.1. The second kappa shape index (κ2) is 9.08. The van der Waals surface area contributed by atoms with Gasteiger partial charge in [0.2, 0.25) is 5.95 Å². The molecule has 5 heteroatoms. The van der Waals surface area contributed by atoms with Crippen LogP contribution in [0.25, 0.3) is 11.3 Å². The van der Waals surface area contributed by atoms with Crippen LogP contribution in [0, 0.1) is 0 Å². The van der Waals surface area contributed by atoms with Gasteiger partial charge in [-0.3, -0.25) is 14.3 Å². The van der Waals surface area contributed by atoms with Crippen LogP contribution >= 0.6 is 0 Å². The molecule has 0 bridgehead atoms. The van der Waals surface area contributed by atoms with E-state index in [-0.39, 0.29) is 5.56 Å². The van der Waals surface area contributed by atoms with Crippen molar-refractivity contribution in [1.29, 1.82) is 0 Å². The third-order valence-corrected chi connectivity index (χ3v) is 3.92. The lowest BCUT2D eigenvalue weighted by Gasteiger charge is -2.11. The average molecular weight is 314 g/mol. The molecule has 0 aromatic carbocycles. The third kappa shape index (κ3) is 5.20. The zero-order valence-corrected chi connectivity index (χ0v) is 14.1. The highest BCUT2D eigenvalue weighted by atomic mass is 16.1. The third-order valence-electron chi connectivity index (χ3n) is 3.92. The summed E-state index contributed by atoms with van der Waals surface area (Å²) in [6.07, 6.45) is 10.9. The van der Waals surface area contributed by atoms with E-state index in [1.165, 1.54) is 32.1 Å². The van der Waals surface area contributed by atoms with Crippen molar-refractivity contribution in [2.24, 2.45) is 7.05 Å². The maximum atomic E-state index is 12.1. The Labute approximate surface area is 137 Å². The smallest absolute Gasteiger partial charge is 0.255 e. The first-order valence-corrected chi connectivity index (χ1v) is 8.44. The SMILES string of the molecule is CCCCCCCCNc1nc(-c2ccncc2)cc(=O)n1C. The minimum Gasteiger partial charge on any atom is -0.356 e. The Hall–Kier alpha value is -2.17. The van der Waals surface area contributed by atoms with Crippen LogP contribution in [0.3, 0.4) is 0 Å². The van der Waals surface area contributed by atoms with Gasteiger partial charge < -0.3 is 5.32 Å². The molecule has 2 rings (SSSR count). The van der Waals surface area contributed by atoms with E-state index in [9.17, 15) is 4.79 Å². The fraction of sp³-hybridized carbons (Fsp3) is 0.500. The van der Waals surface area contributed by atoms with Crippen molar-refractivity contribution in [3.63, 3.8) is 0 Å². The van der Waals surface area contributed by atoms with Gasteiger partial charge in [0.05, 0.1) is 5.69 Å². The molecule has 0 amide bonds. The molecular weight excluding hydrogens is 288 g/mol. The summed E-state index contributed by atoms with van der Waals surface area (Å²) in [4.78, 5) is 20.7. The number of hydrogen-bond donors (Lipinski definition) is 1. The number of unbranched alkanes of at least 4 members (excludes halogenated alkanes) is 5. The second-order valence-electron chi connectivity index (χ2n) is 5.79. The van der Waals surface area contributed by atoms with E-state index in [2.05, 4.69) is 22.2 Å². The predicted molar refractivity (Wildman–Crippen MR) is 94.6 cm³/mol. The summed E-state index contributed by atoms with van der Waals surface area (Å²) < 4.78 is 1.56. The molecule has 0 saturated carbocycles. The molecule has 0 unspecified atom stereocenters. The van der Waals surface area contributed by atoms with Gasteiger partial charge in [-0.25, -0.2) is 4.98 Å². The average Bonchev–Trinajstić information content (AvgIpc) is 2.58. The molecule has 0 aliphatic rings. The Morgan fingerprint density at radius 3 is 2.52 bits per heavy atom. The molecule has 0 spiro atoms. The van der Waals surface area contributed by atoms with Gasteiger partial charge in [-0.1, -0.05) is 39.0 Å².